The Balaban J connectivity index is 2.91. The minimum Gasteiger partial charge on any atom is -0.356 e. The van der Waals surface area contributed by atoms with Crippen LogP contribution in [0.15, 0.2) is 0 Å². The van der Waals surface area contributed by atoms with Crippen LogP contribution in [0.1, 0.15) is 20.8 Å². The minimum absolute atomic E-state index is 0.255. The Morgan fingerprint density at radius 2 is 2.00 bits per heavy atom. The van der Waals surface area contributed by atoms with Crippen molar-refractivity contribution in [3.05, 3.63) is 0 Å². The molecule has 0 radical (unpaired) electrons. The van der Waals surface area contributed by atoms with Crippen LogP contribution in [0.3, 0.4) is 0 Å². The van der Waals surface area contributed by atoms with Crippen LogP contribution in [-0.2, 0) is 19.0 Å². The maximum absolute atomic E-state index is 11.6. The molecule has 0 aromatic rings. The van der Waals surface area contributed by atoms with Crippen LogP contribution < -0.4 is 5.32 Å². The highest BCUT2D eigenvalue weighted by atomic mass is 16.8. The van der Waals surface area contributed by atoms with Crippen LogP contribution in [0.5, 0.6) is 0 Å². The van der Waals surface area contributed by atoms with Gasteiger partial charge in [-0.05, 0) is 20.8 Å². The lowest BCUT2D eigenvalue weighted by molar-refractivity contribution is -0.183. The number of nitrogens with one attached hydrogen (secondary N) is 1. The molecule has 0 aliphatic carbocycles. The molecule has 0 aromatic heterocycles. The van der Waals surface area contributed by atoms with E-state index < -0.39 is 17.7 Å². The van der Waals surface area contributed by atoms with Gasteiger partial charge in [-0.3, -0.25) is 4.79 Å². The third-order valence-electron chi connectivity index (χ3n) is 2.19. The molecule has 2 unspecified atom stereocenters. The third kappa shape index (κ3) is 1.75. The van der Waals surface area contributed by atoms with Gasteiger partial charge in [-0.1, -0.05) is 0 Å². The van der Waals surface area contributed by atoms with E-state index in [4.69, 9.17) is 14.2 Å². The van der Waals surface area contributed by atoms with Crippen LogP contribution in [0, 0.1) is 0 Å². The first kappa shape index (κ1) is 11.4. The normalized spacial score (nSPS) is 35.6. The number of carbonyl (C=O) groups excluding carboxylic acids is 1. The fraction of sp³-hybridized carbons (Fsp3) is 0.889. The zero-order valence-corrected chi connectivity index (χ0v) is 9.21. The highest BCUT2D eigenvalue weighted by molar-refractivity contribution is 5.85. The summed E-state index contributed by atoms with van der Waals surface area (Å²) in [7, 11) is 3.03. The molecule has 1 fully saturated rings. The van der Waals surface area contributed by atoms with Gasteiger partial charge in [0.1, 0.15) is 0 Å². The predicted molar refractivity (Wildman–Crippen MR) is 49.5 cm³/mol. The van der Waals surface area contributed by atoms with Gasteiger partial charge in [0.2, 0.25) is 0 Å². The van der Waals surface area contributed by atoms with Crippen LogP contribution in [0.25, 0.3) is 0 Å². The summed E-state index contributed by atoms with van der Waals surface area (Å²) in [5.41, 5.74) is -1.09. The van der Waals surface area contributed by atoms with Gasteiger partial charge in [0.05, 0.1) is 0 Å². The second-order valence-electron chi connectivity index (χ2n) is 3.87. The van der Waals surface area contributed by atoms with E-state index >= 15 is 0 Å². The lowest BCUT2D eigenvalue weighted by Gasteiger charge is -2.25. The molecular formula is C9H17NO4. The van der Waals surface area contributed by atoms with Crippen molar-refractivity contribution in [3.8, 4) is 0 Å². The van der Waals surface area contributed by atoms with Crippen molar-refractivity contribution >= 4 is 5.91 Å². The summed E-state index contributed by atoms with van der Waals surface area (Å²) >= 11 is 0. The van der Waals surface area contributed by atoms with Crippen LogP contribution in [-0.4, -0.2) is 37.7 Å². The van der Waals surface area contributed by atoms with E-state index in [1.165, 1.54) is 7.11 Å². The second kappa shape index (κ2) is 3.49. The van der Waals surface area contributed by atoms with E-state index in [9.17, 15) is 4.79 Å². The Bertz CT molecular complexity index is 241. The number of amides is 1. The van der Waals surface area contributed by atoms with E-state index in [-0.39, 0.29) is 5.91 Å². The van der Waals surface area contributed by atoms with E-state index in [1.54, 1.807) is 27.8 Å². The van der Waals surface area contributed by atoms with E-state index in [0.717, 1.165) is 0 Å². The van der Waals surface area contributed by atoms with Crippen LogP contribution in [0.2, 0.25) is 0 Å². The molecule has 0 bridgehead atoms. The molecule has 0 aromatic carbocycles. The second-order valence-corrected chi connectivity index (χ2v) is 3.87. The Hall–Kier alpha value is -0.650. The molecule has 1 amide bonds. The van der Waals surface area contributed by atoms with Crippen molar-refractivity contribution in [2.45, 2.75) is 38.4 Å². The molecule has 0 saturated carbocycles. The zero-order valence-electron chi connectivity index (χ0n) is 9.21. The number of ether oxygens (including phenoxy) is 3. The van der Waals surface area contributed by atoms with Gasteiger partial charge < -0.3 is 19.5 Å². The van der Waals surface area contributed by atoms with Gasteiger partial charge >= 0.3 is 0 Å². The molecule has 5 heteroatoms. The number of likely N-dealkylation sites (N-methyl/N-ethyl adjacent to an activating group) is 1. The maximum Gasteiger partial charge on any atom is 0.257 e. The maximum atomic E-state index is 11.6. The van der Waals surface area contributed by atoms with Crippen LogP contribution in [0.4, 0.5) is 0 Å². The number of carbonyl (C=O) groups is 1. The monoisotopic (exact) mass is 203 g/mol. The van der Waals surface area contributed by atoms with Crippen molar-refractivity contribution in [2.24, 2.45) is 0 Å². The fourth-order valence-electron chi connectivity index (χ4n) is 1.63. The van der Waals surface area contributed by atoms with Crippen molar-refractivity contribution in [1.82, 2.24) is 5.32 Å². The molecule has 82 valence electrons. The van der Waals surface area contributed by atoms with Crippen molar-refractivity contribution < 1.29 is 19.0 Å². The van der Waals surface area contributed by atoms with Gasteiger partial charge in [0.15, 0.2) is 17.7 Å². The van der Waals surface area contributed by atoms with E-state index in [0.29, 0.717) is 0 Å². The Morgan fingerprint density at radius 1 is 1.43 bits per heavy atom. The summed E-state index contributed by atoms with van der Waals surface area (Å²) in [6.07, 6.45) is -0.683. The lowest BCUT2D eigenvalue weighted by Crippen LogP contribution is -2.51. The van der Waals surface area contributed by atoms with E-state index in [2.05, 4.69) is 5.32 Å². The number of methoxy groups -OCH3 is 1. The molecule has 0 spiro atoms. The highest BCUT2D eigenvalue weighted by Crippen LogP contribution is 2.36. The first-order valence-electron chi connectivity index (χ1n) is 4.48. The molecule has 1 heterocycles. The first-order valence-corrected chi connectivity index (χ1v) is 4.48. The Kier molecular flexibility index (Phi) is 2.85. The third-order valence-corrected chi connectivity index (χ3v) is 2.19. The largest absolute Gasteiger partial charge is 0.356 e. The molecule has 1 aliphatic rings. The van der Waals surface area contributed by atoms with Crippen molar-refractivity contribution in [3.63, 3.8) is 0 Å². The Morgan fingerprint density at radius 3 is 2.43 bits per heavy atom. The van der Waals surface area contributed by atoms with Crippen molar-refractivity contribution in [2.75, 3.05) is 14.2 Å². The molecule has 1 rings (SSSR count). The van der Waals surface area contributed by atoms with Gasteiger partial charge in [-0.25, -0.2) is 0 Å². The topological polar surface area (TPSA) is 56.8 Å². The average molecular weight is 203 g/mol. The molecule has 1 N–H and O–H groups in total. The first-order chi connectivity index (χ1) is 6.35. The van der Waals surface area contributed by atoms with Crippen molar-refractivity contribution in [1.29, 1.82) is 0 Å². The minimum atomic E-state index is -1.09. The average Bonchev–Trinajstić information content (AvgIpc) is 2.35. The highest BCUT2D eigenvalue weighted by Gasteiger charge is 2.55. The summed E-state index contributed by atoms with van der Waals surface area (Å²) < 4.78 is 16.0. The molecule has 1 aliphatic heterocycles. The van der Waals surface area contributed by atoms with Crippen LogP contribution >= 0.6 is 0 Å². The fourth-order valence-corrected chi connectivity index (χ4v) is 1.63. The smallest absolute Gasteiger partial charge is 0.257 e. The van der Waals surface area contributed by atoms with E-state index in [1.807, 2.05) is 0 Å². The predicted octanol–water partition coefficient (Wildman–Crippen LogP) is 0.246. The number of hydrogen-bond donors (Lipinski definition) is 1. The van der Waals surface area contributed by atoms with Gasteiger partial charge in [-0.2, -0.15) is 0 Å². The Labute approximate surface area is 83.7 Å². The summed E-state index contributed by atoms with van der Waals surface area (Å²) in [5, 5.41) is 2.53. The SMILES string of the molecule is CNC(=O)C1(C)OC(C)(C)OC1OC. The molecule has 1 saturated heterocycles. The zero-order chi connectivity index (χ0) is 11.0. The number of rotatable bonds is 2. The van der Waals surface area contributed by atoms with Gasteiger partial charge in [-0.15, -0.1) is 0 Å². The molecule has 14 heavy (non-hydrogen) atoms. The summed E-state index contributed by atoms with van der Waals surface area (Å²) in [5.74, 6) is -1.06. The number of hydrogen-bond acceptors (Lipinski definition) is 4. The molecular weight excluding hydrogens is 186 g/mol. The van der Waals surface area contributed by atoms with Gasteiger partial charge in [0, 0.05) is 14.2 Å². The summed E-state index contributed by atoms with van der Waals surface area (Å²) in [4.78, 5) is 11.6. The standard InChI is InChI=1S/C9H17NO4/c1-8(2)13-7(12-5)9(3,14-8)6(11)10-4/h7H,1-5H3,(H,10,11). The molecule has 5 nitrogen and oxygen atoms in total. The lowest BCUT2D eigenvalue weighted by atomic mass is 10.1. The summed E-state index contributed by atoms with van der Waals surface area (Å²) in [6.45, 7) is 5.13. The molecule has 2 atom stereocenters. The van der Waals surface area contributed by atoms with Gasteiger partial charge in [0.25, 0.3) is 5.91 Å². The summed E-state index contributed by atoms with van der Waals surface area (Å²) in [6, 6.07) is 0. The quantitative estimate of drug-likeness (QED) is 0.698.